The van der Waals surface area contributed by atoms with Gasteiger partial charge in [0, 0.05) is 18.0 Å². The molecule has 5 rings (SSSR count). The number of nitrogens with zero attached hydrogens (tertiary/aromatic N) is 3. The number of fused-ring (bicyclic) bond motifs is 3. The molecule has 1 aliphatic heterocycles. The minimum absolute atomic E-state index is 0.0386. The number of carbonyl (C=O) groups excluding carboxylic acids is 1. The number of thioether (sulfide) groups is 1. The summed E-state index contributed by atoms with van der Waals surface area (Å²) in [4.78, 5) is 35.6. The fourth-order valence-electron chi connectivity index (χ4n) is 4.63. The standard InChI is InChI=1S/C25H29N3O4S2/c1-3-31-18-10-8-17(9-11-18)28-24(30)22-19-6-4-5-7-20(19)34-23(22)26-25(28)33-15-21(29)27-12-13-32-16(2)14-27/h8-11,16H,3-7,12-15H2,1-2H3. The van der Waals surface area contributed by atoms with Gasteiger partial charge in [-0.15, -0.1) is 11.3 Å². The van der Waals surface area contributed by atoms with Crippen molar-refractivity contribution in [3.05, 3.63) is 45.1 Å². The Morgan fingerprint density at radius 1 is 1.26 bits per heavy atom. The second-order valence-electron chi connectivity index (χ2n) is 8.66. The van der Waals surface area contributed by atoms with Gasteiger partial charge in [-0.25, -0.2) is 4.98 Å². The van der Waals surface area contributed by atoms with Crippen molar-refractivity contribution in [1.29, 1.82) is 0 Å². The van der Waals surface area contributed by atoms with Crippen molar-refractivity contribution >= 4 is 39.2 Å². The van der Waals surface area contributed by atoms with Crippen LogP contribution in [0.2, 0.25) is 0 Å². The van der Waals surface area contributed by atoms with Gasteiger partial charge in [0.05, 0.1) is 36.1 Å². The summed E-state index contributed by atoms with van der Waals surface area (Å²) < 4.78 is 12.8. The highest BCUT2D eigenvalue weighted by atomic mass is 32.2. The molecule has 3 aromatic rings. The third-order valence-corrected chi connectivity index (χ3v) is 8.39. The summed E-state index contributed by atoms with van der Waals surface area (Å²) in [6.45, 7) is 6.24. The highest BCUT2D eigenvalue weighted by Gasteiger charge is 2.25. The Kier molecular flexibility index (Phi) is 6.94. The van der Waals surface area contributed by atoms with Crippen molar-refractivity contribution in [2.24, 2.45) is 0 Å². The van der Waals surface area contributed by atoms with Crippen molar-refractivity contribution in [3.8, 4) is 11.4 Å². The number of ether oxygens (including phenoxy) is 2. The van der Waals surface area contributed by atoms with Crippen LogP contribution in [0.15, 0.2) is 34.2 Å². The molecule has 1 saturated heterocycles. The Hall–Kier alpha value is -2.36. The molecule has 0 spiro atoms. The highest BCUT2D eigenvalue weighted by Crippen LogP contribution is 2.35. The number of rotatable bonds is 6. The Balaban J connectivity index is 1.53. The van der Waals surface area contributed by atoms with Gasteiger partial charge in [-0.1, -0.05) is 11.8 Å². The van der Waals surface area contributed by atoms with E-state index >= 15 is 0 Å². The lowest BCUT2D eigenvalue weighted by Crippen LogP contribution is -2.45. The van der Waals surface area contributed by atoms with Gasteiger partial charge in [0.1, 0.15) is 10.6 Å². The van der Waals surface area contributed by atoms with E-state index in [1.54, 1.807) is 15.9 Å². The Morgan fingerprint density at radius 2 is 2.06 bits per heavy atom. The van der Waals surface area contributed by atoms with Gasteiger partial charge in [-0.3, -0.25) is 14.2 Å². The van der Waals surface area contributed by atoms with E-state index in [1.165, 1.54) is 22.2 Å². The van der Waals surface area contributed by atoms with Crippen LogP contribution in [0.3, 0.4) is 0 Å². The second-order valence-corrected chi connectivity index (χ2v) is 10.7. The van der Waals surface area contributed by atoms with Crippen molar-refractivity contribution in [1.82, 2.24) is 14.5 Å². The summed E-state index contributed by atoms with van der Waals surface area (Å²) in [5.74, 6) is 1.03. The van der Waals surface area contributed by atoms with Crippen molar-refractivity contribution in [2.45, 2.75) is 50.8 Å². The fourth-order valence-corrected chi connectivity index (χ4v) is 6.85. The SMILES string of the molecule is CCOc1ccc(-n2c(SCC(=O)N3CCOC(C)C3)nc3sc4c(c3c2=O)CCCC4)cc1. The van der Waals surface area contributed by atoms with E-state index in [0.717, 1.165) is 47.3 Å². The average Bonchev–Trinajstić information content (AvgIpc) is 3.22. The molecule has 0 radical (unpaired) electrons. The topological polar surface area (TPSA) is 73.7 Å². The van der Waals surface area contributed by atoms with Crippen molar-refractivity contribution in [2.75, 3.05) is 32.1 Å². The first kappa shape index (κ1) is 23.4. The molecule has 9 heteroatoms. The number of morpholine rings is 1. The summed E-state index contributed by atoms with van der Waals surface area (Å²) in [6, 6.07) is 7.50. The Bertz CT molecular complexity index is 1250. The van der Waals surface area contributed by atoms with E-state index < -0.39 is 0 Å². The van der Waals surface area contributed by atoms with E-state index in [9.17, 15) is 9.59 Å². The van der Waals surface area contributed by atoms with Gasteiger partial charge < -0.3 is 14.4 Å². The summed E-state index contributed by atoms with van der Waals surface area (Å²) in [6.07, 6.45) is 4.23. The predicted molar refractivity (Wildman–Crippen MR) is 136 cm³/mol. The molecular weight excluding hydrogens is 470 g/mol. The number of aromatic nitrogens is 2. The summed E-state index contributed by atoms with van der Waals surface area (Å²) in [5, 5.41) is 1.29. The molecule has 0 saturated carbocycles. The Labute approximate surface area is 207 Å². The number of carbonyl (C=O) groups is 1. The number of aryl methyl sites for hydroxylation is 2. The lowest BCUT2D eigenvalue weighted by molar-refractivity contribution is -0.135. The van der Waals surface area contributed by atoms with Crippen LogP contribution in [0.5, 0.6) is 5.75 Å². The third-order valence-electron chi connectivity index (χ3n) is 6.28. The summed E-state index contributed by atoms with van der Waals surface area (Å²) in [7, 11) is 0. The maximum atomic E-state index is 13.9. The van der Waals surface area contributed by atoms with Gasteiger partial charge in [-0.05, 0) is 69.4 Å². The van der Waals surface area contributed by atoms with Crippen LogP contribution in [-0.4, -0.2) is 58.5 Å². The first-order chi connectivity index (χ1) is 16.5. The lowest BCUT2D eigenvalue weighted by Gasteiger charge is -2.31. The molecule has 34 heavy (non-hydrogen) atoms. The first-order valence-electron chi connectivity index (χ1n) is 11.9. The average molecular weight is 500 g/mol. The normalized spacial score (nSPS) is 18.2. The number of hydrogen-bond donors (Lipinski definition) is 0. The van der Waals surface area contributed by atoms with Crippen LogP contribution in [0.1, 0.15) is 37.1 Å². The van der Waals surface area contributed by atoms with Crippen LogP contribution in [0.4, 0.5) is 0 Å². The van der Waals surface area contributed by atoms with Crippen LogP contribution in [-0.2, 0) is 22.4 Å². The Morgan fingerprint density at radius 3 is 2.82 bits per heavy atom. The summed E-state index contributed by atoms with van der Waals surface area (Å²) in [5.41, 5.74) is 1.84. The molecule has 1 atom stereocenters. The molecule has 1 aromatic carbocycles. The van der Waals surface area contributed by atoms with E-state index in [2.05, 4.69) is 0 Å². The highest BCUT2D eigenvalue weighted by molar-refractivity contribution is 7.99. The molecule has 2 aromatic heterocycles. The minimum Gasteiger partial charge on any atom is -0.494 e. The molecule has 1 aliphatic carbocycles. The van der Waals surface area contributed by atoms with Crippen LogP contribution in [0.25, 0.3) is 15.9 Å². The number of hydrogen-bond acceptors (Lipinski definition) is 7. The largest absolute Gasteiger partial charge is 0.494 e. The van der Waals surface area contributed by atoms with Crippen LogP contribution in [0, 0.1) is 0 Å². The molecule has 0 bridgehead atoms. The smallest absolute Gasteiger partial charge is 0.267 e. The minimum atomic E-state index is -0.0523. The van der Waals surface area contributed by atoms with Crippen molar-refractivity contribution in [3.63, 3.8) is 0 Å². The van der Waals surface area contributed by atoms with Gasteiger partial charge in [0.25, 0.3) is 5.56 Å². The summed E-state index contributed by atoms with van der Waals surface area (Å²) >= 11 is 2.96. The number of thiophene rings is 1. The van der Waals surface area contributed by atoms with Gasteiger partial charge >= 0.3 is 0 Å². The zero-order valence-electron chi connectivity index (χ0n) is 19.5. The van der Waals surface area contributed by atoms with E-state index in [-0.39, 0.29) is 23.3 Å². The lowest BCUT2D eigenvalue weighted by atomic mass is 9.97. The maximum Gasteiger partial charge on any atom is 0.267 e. The zero-order valence-corrected chi connectivity index (χ0v) is 21.2. The first-order valence-corrected chi connectivity index (χ1v) is 13.7. The molecule has 7 nitrogen and oxygen atoms in total. The molecule has 3 heterocycles. The molecular formula is C25H29N3O4S2. The molecule has 180 valence electrons. The van der Waals surface area contributed by atoms with E-state index in [4.69, 9.17) is 14.5 Å². The zero-order chi connectivity index (χ0) is 23.7. The predicted octanol–water partition coefficient (Wildman–Crippen LogP) is 4.06. The molecule has 1 unspecified atom stereocenters. The van der Waals surface area contributed by atoms with Gasteiger partial charge in [-0.2, -0.15) is 0 Å². The van der Waals surface area contributed by atoms with Crippen LogP contribution >= 0.6 is 23.1 Å². The van der Waals surface area contributed by atoms with Crippen molar-refractivity contribution < 1.29 is 14.3 Å². The molecule has 1 amide bonds. The monoisotopic (exact) mass is 499 g/mol. The third kappa shape index (κ3) is 4.61. The second kappa shape index (κ2) is 10.1. The number of benzene rings is 1. The van der Waals surface area contributed by atoms with E-state index in [0.29, 0.717) is 31.5 Å². The van der Waals surface area contributed by atoms with Gasteiger partial charge in [0.15, 0.2) is 5.16 Å². The molecule has 2 aliphatic rings. The molecule has 1 fully saturated rings. The van der Waals surface area contributed by atoms with E-state index in [1.807, 2.05) is 43.0 Å². The number of amides is 1. The van der Waals surface area contributed by atoms with Gasteiger partial charge in [0.2, 0.25) is 5.91 Å². The fraction of sp³-hybridized carbons (Fsp3) is 0.480. The van der Waals surface area contributed by atoms with Crippen LogP contribution < -0.4 is 10.3 Å². The maximum absolute atomic E-state index is 13.9. The molecule has 0 N–H and O–H groups in total. The quantitative estimate of drug-likeness (QED) is 0.376.